The van der Waals surface area contributed by atoms with Crippen LogP contribution in [-0.2, 0) is 10.0 Å². The first kappa shape index (κ1) is 15.4. The Labute approximate surface area is 125 Å². The molecule has 1 unspecified atom stereocenters. The zero-order valence-electron chi connectivity index (χ0n) is 11.5. The van der Waals surface area contributed by atoms with Crippen LogP contribution in [0.3, 0.4) is 0 Å². The lowest BCUT2D eigenvalue weighted by atomic mass is 10.0. The highest BCUT2D eigenvalue weighted by molar-refractivity contribution is 7.89. The summed E-state index contributed by atoms with van der Waals surface area (Å²) >= 11 is 4.85. The number of benzene rings is 1. The molecule has 4 nitrogen and oxygen atoms in total. The molecule has 0 heterocycles. The molecule has 20 heavy (non-hydrogen) atoms. The number of hydrogen-bond acceptors (Lipinski definition) is 3. The van der Waals surface area contributed by atoms with Gasteiger partial charge in [0.25, 0.3) is 0 Å². The van der Waals surface area contributed by atoms with Gasteiger partial charge >= 0.3 is 0 Å². The van der Waals surface area contributed by atoms with E-state index in [2.05, 4.69) is 4.72 Å². The maximum atomic E-state index is 12.3. The molecular formula is C14H20N2O2S2. The van der Waals surface area contributed by atoms with Crippen LogP contribution in [0, 0.1) is 5.92 Å². The van der Waals surface area contributed by atoms with Gasteiger partial charge in [0.1, 0.15) is 4.99 Å². The topological polar surface area (TPSA) is 72.2 Å². The summed E-state index contributed by atoms with van der Waals surface area (Å²) in [5, 5.41) is 0. The van der Waals surface area contributed by atoms with Crippen LogP contribution in [0.15, 0.2) is 29.2 Å². The first-order chi connectivity index (χ1) is 9.40. The summed E-state index contributed by atoms with van der Waals surface area (Å²) < 4.78 is 27.4. The highest BCUT2D eigenvalue weighted by Gasteiger charge is 2.26. The van der Waals surface area contributed by atoms with Crippen molar-refractivity contribution in [3.63, 3.8) is 0 Å². The van der Waals surface area contributed by atoms with Crippen LogP contribution in [0.25, 0.3) is 0 Å². The van der Waals surface area contributed by atoms with E-state index in [9.17, 15) is 8.42 Å². The summed E-state index contributed by atoms with van der Waals surface area (Å²) in [5.74, 6) is 0.445. The molecule has 1 aromatic carbocycles. The molecule has 3 N–H and O–H groups in total. The normalized spacial score (nSPS) is 18.1. The van der Waals surface area contributed by atoms with Crippen LogP contribution < -0.4 is 10.5 Å². The van der Waals surface area contributed by atoms with Crippen molar-refractivity contribution in [3.8, 4) is 0 Å². The van der Waals surface area contributed by atoms with Crippen molar-refractivity contribution < 1.29 is 8.42 Å². The minimum Gasteiger partial charge on any atom is -0.389 e. The summed E-state index contributed by atoms with van der Waals surface area (Å²) in [6.07, 6.45) is 4.59. The number of nitrogens with two attached hydrogens (primary N) is 1. The van der Waals surface area contributed by atoms with E-state index in [0.717, 1.165) is 12.8 Å². The van der Waals surface area contributed by atoms with Crippen molar-refractivity contribution in [3.05, 3.63) is 29.8 Å². The molecule has 6 heteroatoms. The largest absolute Gasteiger partial charge is 0.389 e. The van der Waals surface area contributed by atoms with Crippen LogP contribution in [0.4, 0.5) is 0 Å². The molecule has 0 aliphatic heterocycles. The maximum absolute atomic E-state index is 12.3. The molecule has 0 saturated heterocycles. The molecule has 2 rings (SSSR count). The molecular weight excluding hydrogens is 292 g/mol. The van der Waals surface area contributed by atoms with Gasteiger partial charge in [0.2, 0.25) is 10.0 Å². The van der Waals surface area contributed by atoms with E-state index < -0.39 is 10.0 Å². The Morgan fingerprint density at radius 3 is 2.35 bits per heavy atom. The minimum atomic E-state index is -3.47. The van der Waals surface area contributed by atoms with Crippen LogP contribution in [0.5, 0.6) is 0 Å². The summed E-state index contributed by atoms with van der Waals surface area (Å²) in [6.45, 7) is 1.94. The van der Waals surface area contributed by atoms with E-state index in [0.29, 0.717) is 11.5 Å². The fraction of sp³-hybridized carbons (Fsp3) is 0.500. The van der Waals surface area contributed by atoms with Gasteiger partial charge in [-0.25, -0.2) is 13.1 Å². The zero-order chi connectivity index (χ0) is 14.8. The second kappa shape index (κ2) is 6.20. The quantitative estimate of drug-likeness (QED) is 0.817. The summed E-state index contributed by atoms with van der Waals surface area (Å²) in [5.41, 5.74) is 6.17. The molecule has 0 aromatic heterocycles. The average molecular weight is 312 g/mol. The minimum absolute atomic E-state index is 0.0299. The van der Waals surface area contributed by atoms with Crippen LogP contribution >= 0.6 is 12.2 Å². The van der Waals surface area contributed by atoms with Gasteiger partial charge in [-0.3, -0.25) is 0 Å². The molecule has 1 aliphatic carbocycles. The Morgan fingerprint density at radius 2 is 1.85 bits per heavy atom. The van der Waals surface area contributed by atoms with E-state index in [1.165, 1.54) is 25.0 Å². The number of sulfonamides is 1. The third-order valence-corrected chi connectivity index (χ3v) is 5.71. The lowest BCUT2D eigenvalue weighted by Gasteiger charge is -2.20. The van der Waals surface area contributed by atoms with Crippen LogP contribution in [-0.4, -0.2) is 19.4 Å². The number of hydrogen-bond donors (Lipinski definition) is 2. The third kappa shape index (κ3) is 3.56. The van der Waals surface area contributed by atoms with E-state index in [4.69, 9.17) is 18.0 Å². The fourth-order valence-corrected chi connectivity index (χ4v) is 4.11. The highest BCUT2D eigenvalue weighted by atomic mass is 32.2. The van der Waals surface area contributed by atoms with Gasteiger partial charge in [0, 0.05) is 11.6 Å². The van der Waals surface area contributed by atoms with Crippen molar-refractivity contribution in [2.24, 2.45) is 11.7 Å². The Kier molecular flexibility index (Phi) is 4.78. The first-order valence-electron chi connectivity index (χ1n) is 6.82. The maximum Gasteiger partial charge on any atom is 0.240 e. The molecule has 1 aliphatic rings. The van der Waals surface area contributed by atoms with E-state index >= 15 is 0 Å². The lowest BCUT2D eigenvalue weighted by Crippen LogP contribution is -2.37. The Bertz CT molecular complexity index is 576. The predicted molar refractivity (Wildman–Crippen MR) is 84.1 cm³/mol. The van der Waals surface area contributed by atoms with Crippen molar-refractivity contribution in [1.29, 1.82) is 0 Å². The third-order valence-electron chi connectivity index (χ3n) is 3.90. The van der Waals surface area contributed by atoms with Gasteiger partial charge in [-0.05, 0) is 37.8 Å². The zero-order valence-corrected chi connectivity index (χ0v) is 13.1. The van der Waals surface area contributed by atoms with Gasteiger partial charge in [0.05, 0.1) is 4.90 Å². The van der Waals surface area contributed by atoms with Crippen LogP contribution in [0.2, 0.25) is 0 Å². The summed E-state index contributed by atoms with van der Waals surface area (Å²) in [7, 11) is -3.47. The van der Waals surface area contributed by atoms with Crippen LogP contribution in [0.1, 0.15) is 38.2 Å². The van der Waals surface area contributed by atoms with Gasteiger partial charge in [-0.15, -0.1) is 0 Å². The average Bonchev–Trinajstić information content (AvgIpc) is 2.92. The van der Waals surface area contributed by atoms with Crippen molar-refractivity contribution in [1.82, 2.24) is 4.72 Å². The van der Waals surface area contributed by atoms with Crippen molar-refractivity contribution in [2.45, 2.75) is 43.5 Å². The summed E-state index contributed by atoms with van der Waals surface area (Å²) in [6, 6.07) is 6.32. The number of rotatable bonds is 5. The molecule has 1 fully saturated rings. The molecule has 1 atom stereocenters. The van der Waals surface area contributed by atoms with Gasteiger partial charge < -0.3 is 5.73 Å². The fourth-order valence-electron chi connectivity index (χ4n) is 2.66. The molecule has 1 saturated carbocycles. The number of thiocarbonyl (C=S) groups is 1. The summed E-state index contributed by atoms with van der Waals surface area (Å²) in [4.78, 5) is 0.517. The molecule has 0 radical (unpaired) electrons. The lowest BCUT2D eigenvalue weighted by molar-refractivity contribution is 0.424. The SMILES string of the molecule is CC(NS(=O)(=O)c1ccc(C(N)=S)cc1)C1CCCC1. The predicted octanol–water partition coefficient (Wildman–Crippen LogP) is 2.18. The molecule has 1 aromatic rings. The number of nitrogens with one attached hydrogen (secondary N) is 1. The first-order valence-corrected chi connectivity index (χ1v) is 8.71. The van der Waals surface area contributed by atoms with Crippen molar-refractivity contribution >= 4 is 27.2 Å². The second-order valence-electron chi connectivity index (χ2n) is 5.34. The van der Waals surface area contributed by atoms with Gasteiger partial charge in [-0.2, -0.15) is 0 Å². The molecule has 110 valence electrons. The van der Waals surface area contributed by atoms with Gasteiger partial charge in [0.15, 0.2) is 0 Å². The Hall–Kier alpha value is -0.980. The smallest absolute Gasteiger partial charge is 0.240 e. The van der Waals surface area contributed by atoms with E-state index in [1.807, 2.05) is 6.92 Å². The van der Waals surface area contributed by atoms with Gasteiger partial charge in [-0.1, -0.05) is 37.2 Å². The standard InChI is InChI=1S/C14H20N2O2S2/c1-10(11-4-2-3-5-11)16-20(17,18)13-8-6-12(7-9-13)14(15)19/h6-11,16H,2-5H2,1H3,(H2,15,19). The van der Waals surface area contributed by atoms with E-state index in [1.54, 1.807) is 12.1 Å². The second-order valence-corrected chi connectivity index (χ2v) is 7.50. The highest BCUT2D eigenvalue weighted by Crippen LogP contribution is 2.28. The van der Waals surface area contributed by atoms with Crippen molar-refractivity contribution in [2.75, 3.05) is 0 Å². The molecule has 0 bridgehead atoms. The monoisotopic (exact) mass is 312 g/mol. The molecule has 0 amide bonds. The Morgan fingerprint density at radius 1 is 1.30 bits per heavy atom. The van der Waals surface area contributed by atoms with E-state index in [-0.39, 0.29) is 15.9 Å². The Balaban J connectivity index is 2.11. The molecule has 0 spiro atoms.